The first kappa shape index (κ1) is 15.9. The average molecular weight is 291 g/mol. The standard InChI is InChI=1S/C16H25N3O2/c1-12-3-5-14(6-4-12)15(17)16(20)18-11-13(2)19-7-9-21-10-8-19/h3-6,13,15H,7-11,17H2,1-2H3,(H,18,20). The molecular weight excluding hydrogens is 266 g/mol. The molecule has 2 rings (SSSR count). The summed E-state index contributed by atoms with van der Waals surface area (Å²) in [5.74, 6) is -0.126. The Bertz CT molecular complexity index is 455. The van der Waals surface area contributed by atoms with E-state index in [9.17, 15) is 4.79 Å². The van der Waals surface area contributed by atoms with Crippen molar-refractivity contribution in [2.45, 2.75) is 25.9 Å². The fourth-order valence-corrected chi connectivity index (χ4v) is 2.43. The normalized spacial score (nSPS) is 19.0. The van der Waals surface area contributed by atoms with Crippen LogP contribution in [0.1, 0.15) is 24.1 Å². The van der Waals surface area contributed by atoms with Gasteiger partial charge in [-0.2, -0.15) is 0 Å². The zero-order valence-electron chi connectivity index (χ0n) is 12.8. The molecule has 0 aliphatic carbocycles. The molecule has 1 saturated heterocycles. The molecule has 0 spiro atoms. The van der Waals surface area contributed by atoms with Gasteiger partial charge in [0.05, 0.1) is 13.2 Å². The van der Waals surface area contributed by atoms with Gasteiger partial charge in [-0.3, -0.25) is 9.69 Å². The summed E-state index contributed by atoms with van der Waals surface area (Å²) in [6.07, 6.45) is 0. The Balaban J connectivity index is 1.81. The quantitative estimate of drug-likeness (QED) is 0.843. The lowest BCUT2D eigenvalue weighted by atomic mass is 10.1. The van der Waals surface area contributed by atoms with Crippen LogP contribution in [0.3, 0.4) is 0 Å². The van der Waals surface area contributed by atoms with Crippen molar-refractivity contribution in [1.82, 2.24) is 10.2 Å². The van der Waals surface area contributed by atoms with E-state index < -0.39 is 6.04 Å². The average Bonchev–Trinajstić information content (AvgIpc) is 2.53. The first-order valence-electron chi connectivity index (χ1n) is 7.49. The Morgan fingerprint density at radius 3 is 2.57 bits per heavy atom. The molecule has 1 fully saturated rings. The van der Waals surface area contributed by atoms with Crippen molar-refractivity contribution in [1.29, 1.82) is 0 Å². The highest BCUT2D eigenvalue weighted by atomic mass is 16.5. The fraction of sp³-hybridized carbons (Fsp3) is 0.562. The number of nitrogens with one attached hydrogen (secondary N) is 1. The molecule has 0 radical (unpaired) electrons. The first-order chi connectivity index (χ1) is 10.1. The van der Waals surface area contributed by atoms with E-state index in [1.165, 1.54) is 0 Å². The number of aryl methyl sites for hydroxylation is 1. The number of morpholine rings is 1. The van der Waals surface area contributed by atoms with Gasteiger partial charge in [-0.15, -0.1) is 0 Å². The van der Waals surface area contributed by atoms with Gasteiger partial charge < -0.3 is 15.8 Å². The molecule has 116 valence electrons. The van der Waals surface area contributed by atoms with Gasteiger partial charge in [-0.1, -0.05) is 29.8 Å². The van der Waals surface area contributed by atoms with Crippen LogP contribution in [0.4, 0.5) is 0 Å². The molecular formula is C16H25N3O2. The van der Waals surface area contributed by atoms with Gasteiger partial charge in [0, 0.05) is 25.7 Å². The second-order valence-corrected chi connectivity index (χ2v) is 5.63. The van der Waals surface area contributed by atoms with E-state index in [1.54, 1.807) is 0 Å². The maximum Gasteiger partial charge on any atom is 0.241 e. The van der Waals surface area contributed by atoms with Crippen LogP contribution in [-0.4, -0.2) is 49.7 Å². The number of carbonyl (C=O) groups is 1. The minimum Gasteiger partial charge on any atom is -0.379 e. The Morgan fingerprint density at radius 1 is 1.33 bits per heavy atom. The maximum absolute atomic E-state index is 12.1. The molecule has 1 aromatic carbocycles. The molecule has 5 nitrogen and oxygen atoms in total. The number of ether oxygens (including phenoxy) is 1. The molecule has 21 heavy (non-hydrogen) atoms. The third-order valence-electron chi connectivity index (χ3n) is 3.96. The Morgan fingerprint density at radius 2 is 1.95 bits per heavy atom. The third kappa shape index (κ3) is 4.52. The minimum absolute atomic E-state index is 0.126. The summed E-state index contributed by atoms with van der Waals surface area (Å²) in [7, 11) is 0. The van der Waals surface area contributed by atoms with Crippen molar-refractivity contribution in [3.05, 3.63) is 35.4 Å². The molecule has 0 bridgehead atoms. The van der Waals surface area contributed by atoms with Crippen LogP contribution >= 0.6 is 0 Å². The predicted octanol–water partition coefficient (Wildman–Crippen LogP) is 0.832. The molecule has 1 amide bonds. The summed E-state index contributed by atoms with van der Waals surface area (Å²) >= 11 is 0. The van der Waals surface area contributed by atoms with Gasteiger partial charge >= 0.3 is 0 Å². The molecule has 1 aromatic rings. The first-order valence-corrected chi connectivity index (χ1v) is 7.49. The van der Waals surface area contributed by atoms with E-state index in [1.807, 2.05) is 31.2 Å². The van der Waals surface area contributed by atoms with Crippen LogP contribution in [0, 0.1) is 6.92 Å². The van der Waals surface area contributed by atoms with Gasteiger partial charge in [0.15, 0.2) is 0 Å². The topological polar surface area (TPSA) is 67.6 Å². The van der Waals surface area contributed by atoms with Crippen molar-refractivity contribution in [2.75, 3.05) is 32.8 Å². The Kier molecular flexibility index (Phi) is 5.73. The van der Waals surface area contributed by atoms with Crippen molar-refractivity contribution in [2.24, 2.45) is 5.73 Å². The number of rotatable bonds is 5. The van der Waals surface area contributed by atoms with Crippen LogP contribution in [-0.2, 0) is 9.53 Å². The summed E-state index contributed by atoms with van der Waals surface area (Å²) in [6, 6.07) is 7.44. The number of hydrogen-bond acceptors (Lipinski definition) is 4. The molecule has 5 heteroatoms. The summed E-state index contributed by atoms with van der Waals surface area (Å²) < 4.78 is 5.33. The van der Waals surface area contributed by atoms with Crippen molar-refractivity contribution in [3.8, 4) is 0 Å². The molecule has 2 unspecified atom stereocenters. The lowest BCUT2D eigenvalue weighted by Crippen LogP contribution is -2.48. The number of benzene rings is 1. The Hall–Kier alpha value is -1.43. The zero-order valence-corrected chi connectivity index (χ0v) is 12.8. The molecule has 3 N–H and O–H groups in total. The van der Waals surface area contributed by atoms with E-state index >= 15 is 0 Å². The van der Waals surface area contributed by atoms with E-state index in [2.05, 4.69) is 17.1 Å². The molecule has 1 aliphatic rings. The van der Waals surface area contributed by atoms with Crippen LogP contribution in [0.15, 0.2) is 24.3 Å². The summed E-state index contributed by atoms with van der Waals surface area (Å²) in [5, 5.41) is 2.95. The van der Waals surface area contributed by atoms with Crippen molar-refractivity contribution >= 4 is 5.91 Å². The highest BCUT2D eigenvalue weighted by Gasteiger charge is 2.20. The van der Waals surface area contributed by atoms with Gasteiger partial charge in [-0.25, -0.2) is 0 Å². The lowest BCUT2D eigenvalue weighted by molar-refractivity contribution is -0.122. The van der Waals surface area contributed by atoms with Crippen LogP contribution in [0.25, 0.3) is 0 Å². The zero-order chi connectivity index (χ0) is 15.2. The van der Waals surface area contributed by atoms with Gasteiger partial charge in [0.25, 0.3) is 0 Å². The summed E-state index contributed by atoms with van der Waals surface area (Å²) in [5.41, 5.74) is 8.01. The highest BCUT2D eigenvalue weighted by Crippen LogP contribution is 2.11. The van der Waals surface area contributed by atoms with Crippen LogP contribution < -0.4 is 11.1 Å². The number of nitrogens with two attached hydrogens (primary N) is 1. The van der Waals surface area contributed by atoms with E-state index in [0.717, 1.165) is 37.4 Å². The van der Waals surface area contributed by atoms with Gasteiger partial charge in [0.2, 0.25) is 5.91 Å². The third-order valence-corrected chi connectivity index (χ3v) is 3.96. The molecule has 0 aromatic heterocycles. The van der Waals surface area contributed by atoms with Gasteiger partial charge in [-0.05, 0) is 19.4 Å². The van der Waals surface area contributed by atoms with E-state index in [4.69, 9.17) is 10.5 Å². The number of carbonyl (C=O) groups excluding carboxylic acids is 1. The van der Waals surface area contributed by atoms with Crippen molar-refractivity contribution < 1.29 is 9.53 Å². The fourth-order valence-electron chi connectivity index (χ4n) is 2.43. The SMILES string of the molecule is Cc1ccc(C(N)C(=O)NCC(C)N2CCOCC2)cc1. The molecule has 1 heterocycles. The maximum atomic E-state index is 12.1. The van der Waals surface area contributed by atoms with E-state index in [-0.39, 0.29) is 5.91 Å². The minimum atomic E-state index is -0.609. The summed E-state index contributed by atoms with van der Waals surface area (Å²) in [6.45, 7) is 8.10. The monoisotopic (exact) mass is 291 g/mol. The highest BCUT2D eigenvalue weighted by molar-refractivity contribution is 5.82. The number of hydrogen-bond donors (Lipinski definition) is 2. The van der Waals surface area contributed by atoms with Gasteiger partial charge in [0.1, 0.15) is 6.04 Å². The smallest absolute Gasteiger partial charge is 0.241 e. The lowest BCUT2D eigenvalue weighted by Gasteiger charge is -2.32. The second-order valence-electron chi connectivity index (χ2n) is 5.63. The number of amides is 1. The van der Waals surface area contributed by atoms with Crippen LogP contribution in [0.2, 0.25) is 0 Å². The number of nitrogens with zero attached hydrogens (tertiary/aromatic N) is 1. The second kappa shape index (κ2) is 7.54. The largest absolute Gasteiger partial charge is 0.379 e. The molecule has 2 atom stereocenters. The predicted molar refractivity (Wildman–Crippen MR) is 83.0 cm³/mol. The molecule has 0 saturated carbocycles. The Labute approximate surface area is 126 Å². The van der Waals surface area contributed by atoms with E-state index in [0.29, 0.717) is 12.6 Å². The van der Waals surface area contributed by atoms with Crippen molar-refractivity contribution in [3.63, 3.8) is 0 Å². The van der Waals surface area contributed by atoms with Crippen LogP contribution in [0.5, 0.6) is 0 Å². The molecule has 1 aliphatic heterocycles. The summed E-state index contributed by atoms with van der Waals surface area (Å²) in [4.78, 5) is 14.5.